The summed E-state index contributed by atoms with van der Waals surface area (Å²) in [5, 5.41) is 9.66. The second-order valence-electron chi connectivity index (χ2n) is 4.95. The van der Waals surface area contributed by atoms with Crippen molar-refractivity contribution in [1.82, 2.24) is 0 Å². The summed E-state index contributed by atoms with van der Waals surface area (Å²) in [6.45, 7) is 4.45. The molecular weight excluding hydrogens is 184 g/mol. The Labute approximate surface area is 83.1 Å². The predicted molar refractivity (Wildman–Crippen MR) is 47.4 cm³/mol. The zero-order valence-corrected chi connectivity index (χ0v) is 8.47. The van der Waals surface area contributed by atoms with E-state index in [-0.39, 0.29) is 18.1 Å². The molecule has 0 radical (unpaired) electrons. The van der Waals surface area contributed by atoms with E-state index in [0.29, 0.717) is 12.5 Å². The third-order valence-corrected chi connectivity index (χ3v) is 3.47. The fourth-order valence-corrected chi connectivity index (χ4v) is 2.92. The minimum Gasteiger partial charge on any atom is -0.368 e. The van der Waals surface area contributed by atoms with Gasteiger partial charge in [0.25, 0.3) is 0 Å². The molecule has 0 amide bonds. The lowest BCUT2D eigenvalue weighted by Crippen LogP contribution is -2.35. The summed E-state index contributed by atoms with van der Waals surface area (Å²) in [4.78, 5) is 0. The molecule has 1 unspecified atom stereocenters. The molecule has 5 atom stereocenters. The molecule has 0 aromatic heterocycles. The van der Waals surface area contributed by atoms with Crippen LogP contribution < -0.4 is 0 Å². The highest BCUT2D eigenvalue weighted by Crippen LogP contribution is 2.48. The Kier molecular flexibility index (Phi) is 1.75. The van der Waals surface area contributed by atoms with Gasteiger partial charge >= 0.3 is 0 Å². The van der Waals surface area contributed by atoms with E-state index in [0.717, 1.165) is 6.42 Å². The SMILES string of the molecule is CC1(C)O[C@@H]2[C@H]3COC(O)[C@H](C3)[C@@H]2O1. The second-order valence-corrected chi connectivity index (χ2v) is 4.95. The van der Waals surface area contributed by atoms with Crippen LogP contribution in [0.2, 0.25) is 0 Å². The van der Waals surface area contributed by atoms with Gasteiger partial charge in [-0.25, -0.2) is 0 Å². The molecule has 4 nitrogen and oxygen atoms in total. The van der Waals surface area contributed by atoms with Crippen LogP contribution in [0.25, 0.3) is 0 Å². The molecule has 0 spiro atoms. The van der Waals surface area contributed by atoms with E-state index in [9.17, 15) is 5.11 Å². The number of hydrogen-bond donors (Lipinski definition) is 1. The summed E-state index contributed by atoms with van der Waals surface area (Å²) in [6.07, 6.45) is 0.436. The Morgan fingerprint density at radius 3 is 2.71 bits per heavy atom. The average Bonchev–Trinajstić information content (AvgIpc) is 2.53. The van der Waals surface area contributed by atoms with Crippen LogP contribution in [0.15, 0.2) is 0 Å². The molecule has 2 aliphatic heterocycles. The third-order valence-electron chi connectivity index (χ3n) is 3.47. The molecule has 0 aromatic rings. The van der Waals surface area contributed by atoms with Crippen LogP contribution in [0.3, 0.4) is 0 Å². The van der Waals surface area contributed by atoms with Crippen LogP contribution in [0.4, 0.5) is 0 Å². The van der Waals surface area contributed by atoms with Gasteiger partial charge in [-0.3, -0.25) is 0 Å². The normalized spacial score (nSPS) is 54.6. The number of fused-ring (bicyclic) bond motifs is 5. The number of aliphatic hydroxyl groups is 1. The van der Waals surface area contributed by atoms with Crippen molar-refractivity contribution in [2.75, 3.05) is 6.61 Å². The number of ether oxygens (including phenoxy) is 3. The molecule has 2 saturated heterocycles. The highest BCUT2D eigenvalue weighted by Gasteiger charge is 2.58. The van der Waals surface area contributed by atoms with Crippen molar-refractivity contribution < 1.29 is 19.3 Å². The standard InChI is InChI=1S/C10H16O4/c1-10(2)13-7-5-3-6(8(7)14-10)9(11)12-4-5/h5-9,11H,3-4H2,1-2H3/t5-,6-,7-,8+,9?/m1/s1. The lowest BCUT2D eigenvalue weighted by molar-refractivity contribution is -0.216. The van der Waals surface area contributed by atoms with E-state index in [1.165, 1.54) is 0 Å². The van der Waals surface area contributed by atoms with Gasteiger partial charge in [-0.15, -0.1) is 0 Å². The first-order chi connectivity index (χ1) is 6.57. The number of rotatable bonds is 0. The van der Waals surface area contributed by atoms with Crippen molar-refractivity contribution in [2.24, 2.45) is 11.8 Å². The topological polar surface area (TPSA) is 47.9 Å². The first-order valence-corrected chi connectivity index (χ1v) is 5.22. The van der Waals surface area contributed by atoms with Crippen LogP contribution >= 0.6 is 0 Å². The Hall–Kier alpha value is -0.160. The van der Waals surface area contributed by atoms with Gasteiger partial charge < -0.3 is 19.3 Å². The van der Waals surface area contributed by atoms with E-state index in [1.807, 2.05) is 13.8 Å². The van der Waals surface area contributed by atoms with Crippen LogP contribution in [0.1, 0.15) is 20.3 Å². The Balaban J connectivity index is 1.87. The van der Waals surface area contributed by atoms with Crippen molar-refractivity contribution in [3.05, 3.63) is 0 Å². The van der Waals surface area contributed by atoms with Crippen molar-refractivity contribution in [3.8, 4) is 0 Å². The monoisotopic (exact) mass is 200 g/mol. The maximum atomic E-state index is 9.66. The quantitative estimate of drug-likeness (QED) is 0.618. The number of hydrogen-bond acceptors (Lipinski definition) is 4. The Bertz CT molecular complexity index is 253. The maximum Gasteiger partial charge on any atom is 0.163 e. The van der Waals surface area contributed by atoms with Crippen molar-refractivity contribution in [3.63, 3.8) is 0 Å². The van der Waals surface area contributed by atoms with Crippen molar-refractivity contribution in [2.45, 2.75) is 44.6 Å². The molecule has 0 aromatic carbocycles. The molecule has 3 fully saturated rings. The van der Waals surface area contributed by atoms with Gasteiger partial charge in [0.1, 0.15) is 0 Å². The molecule has 4 heteroatoms. The minimum absolute atomic E-state index is 0.0208. The van der Waals surface area contributed by atoms with Crippen molar-refractivity contribution >= 4 is 0 Å². The van der Waals surface area contributed by atoms with Gasteiger partial charge in [-0.1, -0.05) is 0 Å². The Morgan fingerprint density at radius 2 is 1.93 bits per heavy atom. The minimum atomic E-state index is -0.668. The molecular formula is C10H16O4. The van der Waals surface area contributed by atoms with Gasteiger partial charge in [0.2, 0.25) is 0 Å². The van der Waals surface area contributed by atoms with E-state index < -0.39 is 12.1 Å². The average molecular weight is 200 g/mol. The predicted octanol–water partition coefficient (Wildman–Crippen LogP) is 0.491. The molecule has 1 saturated carbocycles. The van der Waals surface area contributed by atoms with E-state index in [2.05, 4.69) is 0 Å². The van der Waals surface area contributed by atoms with Gasteiger partial charge in [0, 0.05) is 11.8 Å². The van der Waals surface area contributed by atoms with Gasteiger partial charge in [-0.2, -0.15) is 0 Å². The van der Waals surface area contributed by atoms with Crippen LogP contribution in [0, 0.1) is 11.8 Å². The zero-order valence-electron chi connectivity index (χ0n) is 8.47. The largest absolute Gasteiger partial charge is 0.368 e. The summed E-state index contributed by atoms with van der Waals surface area (Å²) in [6, 6.07) is 0. The molecule has 80 valence electrons. The fourth-order valence-electron chi connectivity index (χ4n) is 2.92. The summed E-state index contributed by atoms with van der Waals surface area (Å²) in [5.41, 5.74) is 0. The van der Waals surface area contributed by atoms with Gasteiger partial charge in [-0.05, 0) is 20.3 Å². The molecule has 1 aliphatic carbocycles. The van der Waals surface area contributed by atoms with Crippen molar-refractivity contribution in [1.29, 1.82) is 0 Å². The lowest BCUT2D eigenvalue weighted by atomic mass is 10.0. The smallest absolute Gasteiger partial charge is 0.163 e. The molecule has 3 rings (SSSR count). The summed E-state index contributed by atoms with van der Waals surface area (Å²) < 4.78 is 16.9. The van der Waals surface area contributed by atoms with Crippen LogP contribution in [-0.2, 0) is 14.2 Å². The molecule has 2 bridgehead atoms. The summed E-state index contributed by atoms with van der Waals surface area (Å²) in [5.74, 6) is -0.000694. The maximum absolute atomic E-state index is 9.66. The Morgan fingerprint density at radius 1 is 1.21 bits per heavy atom. The fraction of sp³-hybridized carbons (Fsp3) is 1.00. The van der Waals surface area contributed by atoms with E-state index >= 15 is 0 Å². The van der Waals surface area contributed by atoms with Gasteiger partial charge in [0.05, 0.1) is 18.8 Å². The highest BCUT2D eigenvalue weighted by atomic mass is 16.8. The second kappa shape index (κ2) is 2.70. The molecule has 2 heterocycles. The summed E-state index contributed by atoms with van der Waals surface area (Å²) in [7, 11) is 0. The third kappa shape index (κ3) is 1.15. The highest BCUT2D eigenvalue weighted by molar-refractivity contribution is 5.00. The van der Waals surface area contributed by atoms with Crippen LogP contribution in [0.5, 0.6) is 0 Å². The molecule has 14 heavy (non-hydrogen) atoms. The molecule has 3 aliphatic rings. The first-order valence-electron chi connectivity index (χ1n) is 5.22. The lowest BCUT2D eigenvalue weighted by Gasteiger charge is -2.29. The summed E-state index contributed by atoms with van der Waals surface area (Å²) >= 11 is 0. The van der Waals surface area contributed by atoms with Gasteiger partial charge in [0.15, 0.2) is 12.1 Å². The van der Waals surface area contributed by atoms with E-state index in [4.69, 9.17) is 14.2 Å². The van der Waals surface area contributed by atoms with E-state index in [1.54, 1.807) is 0 Å². The first kappa shape index (κ1) is 9.09. The number of aliphatic hydroxyl groups excluding tert-OH is 1. The molecule has 1 N–H and O–H groups in total. The van der Waals surface area contributed by atoms with Crippen LogP contribution in [-0.4, -0.2) is 36.0 Å². The zero-order chi connectivity index (χ0) is 9.92.